The van der Waals surface area contributed by atoms with Crippen molar-refractivity contribution in [1.82, 2.24) is 10.2 Å². The van der Waals surface area contributed by atoms with E-state index in [0.717, 1.165) is 12.2 Å². The highest BCUT2D eigenvalue weighted by Gasteiger charge is 2.30. The first kappa shape index (κ1) is 14.2. The lowest BCUT2D eigenvalue weighted by atomic mass is 10.1. The summed E-state index contributed by atoms with van der Waals surface area (Å²) in [5, 5.41) is 11.8. The van der Waals surface area contributed by atoms with Crippen molar-refractivity contribution in [3.63, 3.8) is 0 Å². The smallest absolute Gasteiger partial charge is 0.317 e. The number of carbonyl (C=O) groups excluding carboxylic acids is 1. The Kier molecular flexibility index (Phi) is 5.61. The van der Waals surface area contributed by atoms with Crippen molar-refractivity contribution in [3.05, 3.63) is 0 Å². The van der Waals surface area contributed by atoms with E-state index in [4.69, 9.17) is 5.11 Å². The van der Waals surface area contributed by atoms with E-state index in [1.807, 2.05) is 6.26 Å². The van der Waals surface area contributed by atoms with E-state index in [-0.39, 0.29) is 18.0 Å². The number of carboxylic acid groups (broad SMARTS) is 1. The van der Waals surface area contributed by atoms with Crippen LogP contribution in [0.15, 0.2) is 0 Å². The Morgan fingerprint density at radius 3 is 2.71 bits per heavy atom. The molecule has 0 aromatic rings. The average Bonchev–Trinajstić information content (AvgIpc) is 2.74. The molecule has 0 heterocycles. The number of nitrogens with zero attached hydrogens (tertiary/aromatic N) is 1. The van der Waals surface area contributed by atoms with Gasteiger partial charge < -0.3 is 15.3 Å². The Hall–Kier alpha value is -0.910. The molecular weight excluding hydrogens is 240 g/mol. The minimum Gasteiger partial charge on any atom is -0.481 e. The highest BCUT2D eigenvalue weighted by atomic mass is 32.2. The van der Waals surface area contributed by atoms with Gasteiger partial charge in [-0.05, 0) is 25.5 Å². The number of nitrogens with one attached hydrogen (secondary N) is 1. The van der Waals surface area contributed by atoms with Crippen molar-refractivity contribution >= 4 is 23.8 Å². The topological polar surface area (TPSA) is 69.6 Å². The molecule has 1 aliphatic carbocycles. The quantitative estimate of drug-likeness (QED) is 0.780. The van der Waals surface area contributed by atoms with Crippen molar-refractivity contribution < 1.29 is 14.7 Å². The summed E-state index contributed by atoms with van der Waals surface area (Å²) in [7, 11) is 1.76. The fourth-order valence-electron chi connectivity index (χ4n) is 1.95. The predicted octanol–water partition coefficient (Wildman–Crippen LogP) is 1.24. The number of hydrogen-bond acceptors (Lipinski definition) is 3. The van der Waals surface area contributed by atoms with Crippen LogP contribution in [0, 0.1) is 5.92 Å². The van der Waals surface area contributed by atoms with Crippen LogP contribution in [0.4, 0.5) is 4.79 Å². The van der Waals surface area contributed by atoms with Crippen LogP contribution in [0.1, 0.15) is 19.3 Å². The summed E-state index contributed by atoms with van der Waals surface area (Å²) in [6.45, 7) is 0.710. The van der Waals surface area contributed by atoms with Gasteiger partial charge in [-0.25, -0.2) is 4.79 Å². The number of amides is 2. The fourth-order valence-corrected chi connectivity index (χ4v) is 2.41. The third kappa shape index (κ3) is 4.46. The van der Waals surface area contributed by atoms with E-state index in [1.165, 1.54) is 0 Å². The van der Waals surface area contributed by atoms with Crippen LogP contribution in [0.3, 0.4) is 0 Å². The van der Waals surface area contributed by atoms with Crippen molar-refractivity contribution in [2.24, 2.45) is 5.92 Å². The molecule has 6 heteroatoms. The Bertz CT molecular complexity index is 286. The van der Waals surface area contributed by atoms with Crippen molar-refractivity contribution in [2.75, 3.05) is 25.6 Å². The zero-order chi connectivity index (χ0) is 12.8. The monoisotopic (exact) mass is 260 g/mol. The van der Waals surface area contributed by atoms with E-state index in [2.05, 4.69) is 5.32 Å². The lowest BCUT2D eigenvalue weighted by molar-refractivity contribution is -0.141. The maximum Gasteiger partial charge on any atom is 0.317 e. The summed E-state index contributed by atoms with van der Waals surface area (Å²) < 4.78 is 0. The van der Waals surface area contributed by atoms with Gasteiger partial charge in [0, 0.05) is 25.4 Å². The molecular formula is C11H20N2O3S. The van der Waals surface area contributed by atoms with Crippen LogP contribution < -0.4 is 5.32 Å². The van der Waals surface area contributed by atoms with Crippen molar-refractivity contribution in [1.29, 1.82) is 0 Å². The zero-order valence-corrected chi connectivity index (χ0v) is 11.1. The summed E-state index contributed by atoms with van der Waals surface area (Å²) in [6.07, 6.45) is 3.98. The highest BCUT2D eigenvalue weighted by Crippen LogP contribution is 2.25. The molecule has 0 spiro atoms. The molecule has 0 aromatic heterocycles. The van der Waals surface area contributed by atoms with Crippen LogP contribution in [-0.2, 0) is 4.79 Å². The maximum atomic E-state index is 11.7. The lowest BCUT2D eigenvalue weighted by Crippen LogP contribution is -2.43. The molecule has 0 saturated heterocycles. The molecule has 1 aliphatic rings. The number of carbonyl (C=O) groups is 2. The molecule has 2 N–H and O–H groups in total. The Labute approximate surface area is 106 Å². The number of aliphatic carboxylic acids is 1. The van der Waals surface area contributed by atoms with E-state index in [0.29, 0.717) is 19.4 Å². The van der Waals surface area contributed by atoms with Crippen LogP contribution in [0.5, 0.6) is 0 Å². The molecule has 1 fully saturated rings. The Morgan fingerprint density at radius 1 is 1.47 bits per heavy atom. The number of carboxylic acids is 1. The highest BCUT2D eigenvalue weighted by molar-refractivity contribution is 7.98. The fraction of sp³-hybridized carbons (Fsp3) is 0.818. The van der Waals surface area contributed by atoms with Crippen molar-refractivity contribution in [3.8, 4) is 0 Å². The maximum absolute atomic E-state index is 11.7. The second kappa shape index (κ2) is 6.74. The van der Waals surface area contributed by atoms with Gasteiger partial charge in [0.15, 0.2) is 0 Å². The van der Waals surface area contributed by atoms with Crippen molar-refractivity contribution in [2.45, 2.75) is 25.3 Å². The van der Waals surface area contributed by atoms with Crippen LogP contribution in [0.25, 0.3) is 0 Å². The predicted molar refractivity (Wildman–Crippen MR) is 68.3 cm³/mol. The average molecular weight is 260 g/mol. The molecule has 17 heavy (non-hydrogen) atoms. The second-order valence-corrected chi connectivity index (χ2v) is 5.39. The third-order valence-corrected chi connectivity index (χ3v) is 3.68. The first-order valence-corrected chi connectivity index (χ1v) is 7.17. The summed E-state index contributed by atoms with van der Waals surface area (Å²) in [4.78, 5) is 24.2. The number of thioether (sulfide) groups is 1. The van der Waals surface area contributed by atoms with Gasteiger partial charge in [-0.3, -0.25) is 4.79 Å². The van der Waals surface area contributed by atoms with E-state index in [1.54, 1.807) is 23.7 Å². The summed E-state index contributed by atoms with van der Waals surface area (Å²) in [5.74, 6) is -0.138. The molecule has 0 bridgehead atoms. The third-order valence-electron chi connectivity index (χ3n) is 3.09. The van der Waals surface area contributed by atoms with Crippen LogP contribution in [-0.4, -0.2) is 53.6 Å². The summed E-state index contributed by atoms with van der Waals surface area (Å²) in [5.41, 5.74) is 0. The SMILES string of the molecule is CSCCN(C)C(=O)N[C@H]1CC[C@@H](C(=O)O)C1. The van der Waals surface area contributed by atoms with Gasteiger partial charge >= 0.3 is 12.0 Å². The second-order valence-electron chi connectivity index (χ2n) is 4.41. The summed E-state index contributed by atoms with van der Waals surface area (Å²) in [6, 6.07) is -0.0876. The van der Waals surface area contributed by atoms with E-state index < -0.39 is 5.97 Å². The van der Waals surface area contributed by atoms with Gasteiger partial charge in [0.2, 0.25) is 0 Å². The number of rotatable bonds is 5. The minimum atomic E-state index is -0.752. The molecule has 2 atom stereocenters. The number of urea groups is 1. The number of hydrogen-bond donors (Lipinski definition) is 2. The first-order chi connectivity index (χ1) is 8.04. The molecule has 0 aliphatic heterocycles. The molecule has 0 aromatic carbocycles. The molecule has 98 valence electrons. The van der Waals surface area contributed by atoms with E-state index >= 15 is 0 Å². The normalized spacial score (nSPS) is 23.4. The Balaban J connectivity index is 2.30. The largest absolute Gasteiger partial charge is 0.481 e. The molecule has 1 rings (SSSR count). The van der Waals surface area contributed by atoms with Gasteiger partial charge in [-0.2, -0.15) is 11.8 Å². The molecule has 0 unspecified atom stereocenters. The first-order valence-electron chi connectivity index (χ1n) is 5.78. The molecule has 1 saturated carbocycles. The van der Waals surface area contributed by atoms with Gasteiger partial charge in [-0.1, -0.05) is 0 Å². The molecule has 5 nitrogen and oxygen atoms in total. The molecule has 0 radical (unpaired) electrons. The van der Waals surface area contributed by atoms with E-state index in [9.17, 15) is 9.59 Å². The minimum absolute atomic E-state index is 0.0142. The Morgan fingerprint density at radius 2 is 2.18 bits per heavy atom. The van der Waals surface area contributed by atoms with Crippen LogP contribution >= 0.6 is 11.8 Å². The zero-order valence-electron chi connectivity index (χ0n) is 10.3. The summed E-state index contributed by atoms with van der Waals surface area (Å²) >= 11 is 1.70. The lowest BCUT2D eigenvalue weighted by Gasteiger charge is -2.20. The van der Waals surface area contributed by atoms with Crippen LogP contribution in [0.2, 0.25) is 0 Å². The van der Waals surface area contributed by atoms with Gasteiger partial charge in [0.1, 0.15) is 0 Å². The molecule has 2 amide bonds. The van der Waals surface area contributed by atoms with Gasteiger partial charge in [0.05, 0.1) is 5.92 Å². The van der Waals surface area contributed by atoms with Gasteiger partial charge in [-0.15, -0.1) is 0 Å². The van der Waals surface area contributed by atoms with Gasteiger partial charge in [0.25, 0.3) is 0 Å². The standard InChI is InChI=1S/C11H20N2O3S/c1-13(5-6-17-2)11(16)12-9-4-3-8(7-9)10(14)15/h8-9H,3-7H2,1-2H3,(H,12,16)(H,14,15)/t8-,9+/m1/s1.